The van der Waals surface area contributed by atoms with Gasteiger partial charge in [0.05, 0.1) is 0 Å². The van der Waals surface area contributed by atoms with E-state index < -0.39 is 5.60 Å². The lowest BCUT2D eigenvalue weighted by Gasteiger charge is -2.38. The Morgan fingerprint density at radius 1 is 1.39 bits per heavy atom. The van der Waals surface area contributed by atoms with Gasteiger partial charge in [-0.05, 0) is 59.3 Å². The van der Waals surface area contributed by atoms with Gasteiger partial charge in [-0.25, -0.2) is 4.79 Å². The number of piperidine rings is 1. The number of ether oxygens (including phenoxy) is 1. The van der Waals surface area contributed by atoms with Crippen LogP contribution < -0.4 is 0 Å². The molecule has 0 bridgehead atoms. The molecule has 0 aromatic rings. The van der Waals surface area contributed by atoms with Crippen LogP contribution in [0.15, 0.2) is 0 Å². The monoisotopic (exact) mass is 257 g/mol. The minimum Gasteiger partial charge on any atom is -0.444 e. The maximum absolute atomic E-state index is 12.1. The van der Waals surface area contributed by atoms with Crippen molar-refractivity contribution in [3.63, 3.8) is 0 Å². The molecule has 0 unspecified atom stereocenters. The van der Waals surface area contributed by atoms with Crippen LogP contribution >= 0.6 is 0 Å². The van der Waals surface area contributed by atoms with Crippen molar-refractivity contribution in [1.82, 2.24) is 4.90 Å². The van der Waals surface area contributed by atoms with E-state index in [1.54, 1.807) is 0 Å². The molecule has 1 heterocycles. The van der Waals surface area contributed by atoms with Crippen molar-refractivity contribution in [2.45, 2.75) is 65.0 Å². The fraction of sp³-hybridized carbons (Fsp3) is 0.929. The van der Waals surface area contributed by atoms with Gasteiger partial charge in [0, 0.05) is 19.2 Å². The van der Waals surface area contributed by atoms with Gasteiger partial charge in [0.25, 0.3) is 0 Å². The van der Waals surface area contributed by atoms with Crippen molar-refractivity contribution in [2.75, 3.05) is 13.2 Å². The molecule has 0 aromatic heterocycles. The van der Waals surface area contributed by atoms with E-state index in [1.165, 1.54) is 0 Å². The van der Waals surface area contributed by atoms with E-state index >= 15 is 0 Å². The predicted octanol–water partition coefficient (Wildman–Crippen LogP) is 2.79. The zero-order valence-corrected chi connectivity index (χ0v) is 12.1. The highest BCUT2D eigenvalue weighted by Crippen LogP contribution is 2.26. The number of hydrogen-bond acceptors (Lipinski definition) is 3. The Morgan fingerprint density at radius 3 is 2.61 bits per heavy atom. The first-order valence-corrected chi connectivity index (χ1v) is 6.94. The number of aliphatic hydroxyl groups is 1. The van der Waals surface area contributed by atoms with Crippen LogP contribution in [0.2, 0.25) is 0 Å². The fourth-order valence-electron chi connectivity index (χ4n) is 2.37. The summed E-state index contributed by atoms with van der Waals surface area (Å²) in [5, 5.41) is 8.87. The molecule has 0 aliphatic carbocycles. The molecule has 4 heteroatoms. The number of aliphatic hydroxyl groups excluding tert-OH is 1. The molecule has 4 nitrogen and oxygen atoms in total. The average molecular weight is 257 g/mol. The molecule has 1 aliphatic heterocycles. The summed E-state index contributed by atoms with van der Waals surface area (Å²) < 4.78 is 5.44. The summed E-state index contributed by atoms with van der Waals surface area (Å²) in [6.07, 6.45) is 3.77. The first kappa shape index (κ1) is 15.3. The van der Waals surface area contributed by atoms with Crippen molar-refractivity contribution in [3.05, 3.63) is 0 Å². The second kappa shape index (κ2) is 6.41. The molecule has 1 amide bonds. The van der Waals surface area contributed by atoms with Crippen LogP contribution in [0.3, 0.4) is 0 Å². The van der Waals surface area contributed by atoms with Gasteiger partial charge in [0.1, 0.15) is 5.60 Å². The number of carbonyl (C=O) groups is 1. The Bertz CT molecular complexity index is 271. The van der Waals surface area contributed by atoms with Crippen molar-refractivity contribution in [3.8, 4) is 0 Å². The highest BCUT2D eigenvalue weighted by Gasteiger charge is 2.31. The number of hydrogen-bond donors (Lipinski definition) is 1. The normalized spacial score (nSPS) is 25.1. The largest absolute Gasteiger partial charge is 0.444 e. The van der Waals surface area contributed by atoms with Crippen molar-refractivity contribution in [2.24, 2.45) is 5.92 Å². The molecule has 106 valence electrons. The van der Waals surface area contributed by atoms with Crippen LogP contribution in [0.4, 0.5) is 4.79 Å². The van der Waals surface area contributed by atoms with E-state index in [4.69, 9.17) is 9.84 Å². The fourth-order valence-corrected chi connectivity index (χ4v) is 2.37. The Hall–Kier alpha value is -0.770. The smallest absolute Gasteiger partial charge is 0.410 e. The predicted molar refractivity (Wildman–Crippen MR) is 71.4 cm³/mol. The number of nitrogens with zero attached hydrogens (tertiary/aromatic N) is 1. The molecular formula is C14H27NO3. The molecule has 1 saturated heterocycles. The number of carbonyl (C=O) groups excluding carboxylic acids is 1. The van der Waals surface area contributed by atoms with Crippen LogP contribution in [-0.2, 0) is 4.74 Å². The van der Waals surface area contributed by atoms with Crippen LogP contribution in [0.1, 0.15) is 53.4 Å². The lowest BCUT2D eigenvalue weighted by molar-refractivity contribution is 0.00450. The molecule has 18 heavy (non-hydrogen) atoms. The molecule has 1 fully saturated rings. The third-order valence-electron chi connectivity index (χ3n) is 3.38. The van der Waals surface area contributed by atoms with E-state index in [0.717, 1.165) is 32.2 Å². The molecular weight excluding hydrogens is 230 g/mol. The average Bonchev–Trinajstić information content (AvgIpc) is 2.25. The van der Waals surface area contributed by atoms with Crippen molar-refractivity contribution < 1.29 is 14.6 Å². The zero-order chi connectivity index (χ0) is 13.8. The Morgan fingerprint density at radius 2 is 2.06 bits per heavy atom. The number of amides is 1. The second-order valence-electron chi connectivity index (χ2n) is 6.29. The number of rotatable bonds is 3. The van der Waals surface area contributed by atoms with Gasteiger partial charge >= 0.3 is 6.09 Å². The summed E-state index contributed by atoms with van der Waals surface area (Å²) >= 11 is 0. The third kappa shape index (κ3) is 4.84. The highest BCUT2D eigenvalue weighted by molar-refractivity contribution is 5.68. The maximum Gasteiger partial charge on any atom is 0.410 e. The molecule has 0 saturated carbocycles. The Balaban J connectivity index is 2.53. The van der Waals surface area contributed by atoms with Crippen molar-refractivity contribution in [1.29, 1.82) is 0 Å². The van der Waals surface area contributed by atoms with Crippen molar-refractivity contribution >= 4 is 6.09 Å². The number of likely N-dealkylation sites (tertiary alicyclic amines) is 1. The summed E-state index contributed by atoms with van der Waals surface area (Å²) in [6.45, 7) is 8.75. The summed E-state index contributed by atoms with van der Waals surface area (Å²) in [5.74, 6) is 0.501. The quantitative estimate of drug-likeness (QED) is 0.845. The van der Waals surface area contributed by atoms with E-state index in [2.05, 4.69) is 6.92 Å². The van der Waals surface area contributed by atoms with Gasteiger partial charge in [-0.1, -0.05) is 0 Å². The maximum atomic E-state index is 12.1. The third-order valence-corrected chi connectivity index (χ3v) is 3.38. The lowest BCUT2D eigenvalue weighted by atomic mass is 9.90. The standard InChI is InChI=1S/C14H27NO3/c1-11-7-8-12(6-5-9-16)10-15(11)13(17)18-14(2,3)4/h11-12,16H,5-10H2,1-4H3/t11-,12-/m1/s1. The van der Waals surface area contributed by atoms with E-state index in [9.17, 15) is 4.79 Å². The summed E-state index contributed by atoms with van der Waals surface area (Å²) in [4.78, 5) is 13.9. The zero-order valence-electron chi connectivity index (χ0n) is 12.1. The molecule has 0 radical (unpaired) electrons. The minimum absolute atomic E-state index is 0.205. The highest BCUT2D eigenvalue weighted by atomic mass is 16.6. The molecule has 2 atom stereocenters. The van der Waals surface area contributed by atoms with Gasteiger partial charge in [-0.3, -0.25) is 0 Å². The molecule has 0 spiro atoms. The van der Waals surface area contributed by atoms with E-state index in [0.29, 0.717) is 5.92 Å². The topological polar surface area (TPSA) is 49.8 Å². The lowest BCUT2D eigenvalue weighted by Crippen LogP contribution is -2.47. The minimum atomic E-state index is -0.436. The van der Waals surface area contributed by atoms with Gasteiger partial charge in [0.2, 0.25) is 0 Å². The van der Waals surface area contributed by atoms with Gasteiger partial charge < -0.3 is 14.7 Å². The summed E-state index contributed by atoms with van der Waals surface area (Å²) in [7, 11) is 0. The molecule has 0 aromatic carbocycles. The first-order chi connectivity index (χ1) is 8.33. The van der Waals surface area contributed by atoms with Crippen LogP contribution in [0.5, 0.6) is 0 Å². The Kier molecular flexibility index (Phi) is 5.45. The first-order valence-electron chi connectivity index (χ1n) is 6.94. The molecule has 1 rings (SSSR count). The van der Waals surface area contributed by atoms with Crippen LogP contribution in [-0.4, -0.2) is 40.9 Å². The van der Waals surface area contributed by atoms with E-state index in [-0.39, 0.29) is 18.7 Å². The molecule has 1 aliphatic rings. The second-order valence-corrected chi connectivity index (χ2v) is 6.29. The van der Waals surface area contributed by atoms with Gasteiger partial charge in [-0.15, -0.1) is 0 Å². The van der Waals surface area contributed by atoms with Crippen LogP contribution in [0.25, 0.3) is 0 Å². The van der Waals surface area contributed by atoms with Gasteiger partial charge in [0.15, 0.2) is 0 Å². The van der Waals surface area contributed by atoms with Crippen LogP contribution in [0, 0.1) is 5.92 Å². The van der Waals surface area contributed by atoms with E-state index in [1.807, 2.05) is 25.7 Å². The SMILES string of the molecule is C[C@@H]1CC[C@@H](CCCO)CN1C(=O)OC(C)(C)C. The summed E-state index contributed by atoms with van der Waals surface area (Å²) in [5.41, 5.74) is -0.436. The molecule has 1 N–H and O–H groups in total. The summed E-state index contributed by atoms with van der Waals surface area (Å²) in [6, 6.07) is 0.255. The van der Waals surface area contributed by atoms with Gasteiger partial charge in [-0.2, -0.15) is 0 Å². The Labute approximate surface area is 110 Å².